The molecule has 22 heavy (non-hydrogen) atoms. The van der Waals surface area contributed by atoms with Gasteiger partial charge in [-0.3, -0.25) is 4.90 Å². The molecule has 1 heterocycles. The van der Waals surface area contributed by atoms with Gasteiger partial charge in [0.2, 0.25) is 0 Å². The maximum Gasteiger partial charge on any atom is 0.0980 e. The Morgan fingerprint density at radius 1 is 1.27 bits per heavy atom. The van der Waals surface area contributed by atoms with Crippen molar-refractivity contribution in [1.82, 2.24) is 10.2 Å². The number of hydrogen-bond donors (Lipinski definition) is 1. The molecule has 0 aromatic heterocycles. The molecule has 1 N–H and O–H groups in total. The molecule has 1 fully saturated rings. The van der Waals surface area contributed by atoms with Crippen LogP contribution in [0.25, 0.3) is 0 Å². The second-order valence-electron chi connectivity index (χ2n) is 5.70. The zero-order valence-corrected chi connectivity index (χ0v) is 14.7. The SMILES string of the molecule is C=CC(C=C)=C(C=C)/C=C(\C)CCN1CCCC1C(Cl)NC. The second-order valence-corrected chi connectivity index (χ2v) is 6.17. The van der Waals surface area contributed by atoms with Crippen molar-refractivity contribution >= 4 is 11.6 Å². The Morgan fingerprint density at radius 3 is 2.45 bits per heavy atom. The van der Waals surface area contributed by atoms with Crippen LogP contribution in [0.2, 0.25) is 0 Å². The van der Waals surface area contributed by atoms with E-state index in [4.69, 9.17) is 11.6 Å². The van der Waals surface area contributed by atoms with Crippen molar-refractivity contribution in [2.45, 2.75) is 37.7 Å². The fraction of sp³-hybridized carbons (Fsp3) is 0.474. The van der Waals surface area contributed by atoms with Crippen molar-refractivity contribution in [2.75, 3.05) is 20.1 Å². The van der Waals surface area contributed by atoms with Gasteiger partial charge in [0.25, 0.3) is 0 Å². The van der Waals surface area contributed by atoms with E-state index < -0.39 is 0 Å². The lowest BCUT2D eigenvalue weighted by Crippen LogP contribution is -2.42. The second kappa shape index (κ2) is 9.83. The molecule has 1 rings (SSSR count). The molecule has 0 radical (unpaired) electrons. The molecule has 1 aliphatic heterocycles. The van der Waals surface area contributed by atoms with Gasteiger partial charge in [-0.05, 0) is 50.9 Å². The average molecular weight is 321 g/mol. The first-order valence-corrected chi connectivity index (χ1v) is 8.35. The maximum atomic E-state index is 6.36. The van der Waals surface area contributed by atoms with E-state index in [2.05, 4.69) is 43.0 Å². The normalized spacial score (nSPS) is 20.5. The minimum absolute atomic E-state index is 0.0311. The lowest BCUT2D eigenvalue weighted by molar-refractivity contribution is 0.241. The first-order valence-electron chi connectivity index (χ1n) is 7.91. The monoisotopic (exact) mass is 320 g/mol. The highest BCUT2D eigenvalue weighted by Crippen LogP contribution is 2.23. The van der Waals surface area contributed by atoms with Crippen LogP contribution < -0.4 is 5.32 Å². The fourth-order valence-electron chi connectivity index (χ4n) is 2.89. The minimum atomic E-state index is 0.0311. The quantitative estimate of drug-likeness (QED) is 0.384. The minimum Gasteiger partial charge on any atom is -0.303 e. The van der Waals surface area contributed by atoms with Crippen molar-refractivity contribution < 1.29 is 0 Å². The summed E-state index contributed by atoms with van der Waals surface area (Å²) in [5, 5.41) is 3.16. The molecule has 2 atom stereocenters. The molecule has 3 heteroatoms. The molecule has 0 amide bonds. The molecule has 0 aromatic rings. The Kier molecular flexibility index (Phi) is 8.47. The van der Waals surface area contributed by atoms with Gasteiger partial charge in [0.15, 0.2) is 0 Å². The van der Waals surface area contributed by atoms with Crippen molar-refractivity contribution in [1.29, 1.82) is 0 Å². The van der Waals surface area contributed by atoms with E-state index in [-0.39, 0.29) is 5.50 Å². The summed E-state index contributed by atoms with van der Waals surface area (Å²) in [5.74, 6) is 0. The van der Waals surface area contributed by atoms with E-state index in [0.29, 0.717) is 6.04 Å². The van der Waals surface area contributed by atoms with Gasteiger partial charge in [-0.15, -0.1) is 11.6 Å². The van der Waals surface area contributed by atoms with Crippen LogP contribution in [0.4, 0.5) is 0 Å². The molecule has 122 valence electrons. The van der Waals surface area contributed by atoms with Crippen LogP contribution in [0.15, 0.2) is 60.8 Å². The van der Waals surface area contributed by atoms with Crippen LogP contribution >= 0.6 is 11.6 Å². The fourth-order valence-corrected chi connectivity index (χ4v) is 3.18. The molecule has 0 aliphatic carbocycles. The number of alkyl halides is 1. The summed E-state index contributed by atoms with van der Waals surface area (Å²) in [4.78, 5) is 2.49. The molecular weight excluding hydrogens is 292 g/mol. The third kappa shape index (κ3) is 5.28. The van der Waals surface area contributed by atoms with Crippen LogP contribution in [0.3, 0.4) is 0 Å². The summed E-state index contributed by atoms with van der Waals surface area (Å²) < 4.78 is 0. The summed E-state index contributed by atoms with van der Waals surface area (Å²) in [6, 6.07) is 0.436. The maximum absolute atomic E-state index is 6.36. The summed E-state index contributed by atoms with van der Waals surface area (Å²) in [5.41, 5.74) is 3.45. The number of likely N-dealkylation sites (N-methyl/N-ethyl adjacent to an activating group) is 1. The number of nitrogens with one attached hydrogen (secondary N) is 1. The van der Waals surface area contributed by atoms with Crippen LogP contribution in [0.1, 0.15) is 26.2 Å². The molecule has 1 saturated heterocycles. The number of likely N-dealkylation sites (tertiary alicyclic amines) is 1. The van der Waals surface area contributed by atoms with Crippen molar-refractivity contribution in [3.63, 3.8) is 0 Å². The van der Waals surface area contributed by atoms with Gasteiger partial charge in [0, 0.05) is 12.6 Å². The van der Waals surface area contributed by atoms with Crippen molar-refractivity contribution in [2.24, 2.45) is 0 Å². The summed E-state index contributed by atoms with van der Waals surface area (Å²) >= 11 is 6.36. The van der Waals surface area contributed by atoms with Crippen molar-refractivity contribution in [3.05, 3.63) is 60.8 Å². The smallest absolute Gasteiger partial charge is 0.0980 e. The van der Waals surface area contributed by atoms with Gasteiger partial charge in [-0.1, -0.05) is 49.6 Å². The van der Waals surface area contributed by atoms with E-state index in [0.717, 1.165) is 30.7 Å². The van der Waals surface area contributed by atoms with Crippen LogP contribution in [0.5, 0.6) is 0 Å². The highest BCUT2D eigenvalue weighted by atomic mass is 35.5. The van der Waals surface area contributed by atoms with Gasteiger partial charge in [-0.2, -0.15) is 0 Å². The number of allylic oxidation sites excluding steroid dienone is 6. The molecule has 0 saturated carbocycles. The molecule has 2 nitrogen and oxygen atoms in total. The number of nitrogens with zero attached hydrogens (tertiary/aromatic N) is 1. The first kappa shape index (κ1) is 19.0. The number of hydrogen-bond acceptors (Lipinski definition) is 2. The Labute approximate surface area is 140 Å². The van der Waals surface area contributed by atoms with E-state index in [1.165, 1.54) is 18.4 Å². The lowest BCUT2D eigenvalue weighted by atomic mass is 10.0. The van der Waals surface area contributed by atoms with Crippen LogP contribution in [0, 0.1) is 0 Å². The van der Waals surface area contributed by atoms with E-state index in [1.54, 1.807) is 0 Å². The van der Waals surface area contributed by atoms with Crippen LogP contribution in [-0.4, -0.2) is 36.6 Å². The van der Waals surface area contributed by atoms with Crippen molar-refractivity contribution in [3.8, 4) is 0 Å². The number of rotatable bonds is 9. The van der Waals surface area contributed by atoms with Gasteiger partial charge in [0.05, 0.1) is 5.50 Å². The predicted octanol–water partition coefficient (Wildman–Crippen LogP) is 4.43. The lowest BCUT2D eigenvalue weighted by Gasteiger charge is -2.28. The Hall–Kier alpha value is -1.09. The Balaban J connectivity index is 2.68. The van der Waals surface area contributed by atoms with Crippen LogP contribution in [-0.2, 0) is 0 Å². The van der Waals surface area contributed by atoms with E-state index in [1.807, 2.05) is 25.3 Å². The van der Waals surface area contributed by atoms with Gasteiger partial charge in [0.1, 0.15) is 0 Å². The predicted molar refractivity (Wildman–Crippen MR) is 99.3 cm³/mol. The Bertz CT molecular complexity index is 452. The van der Waals surface area contributed by atoms with E-state index in [9.17, 15) is 0 Å². The summed E-state index contributed by atoms with van der Waals surface area (Å²) in [7, 11) is 1.92. The third-order valence-corrected chi connectivity index (χ3v) is 4.73. The standard InChI is InChI=1S/C19H29ClN2/c1-6-16(7-2)17(8-3)14-15(4)11-13-22-12-9-10-18(22)19(20)21-5/h6-8,14,18-19,21H,1-3,9-13H2,4-5H3/b15-14+. The zero-order valence-electron chi connectivity index (χ0n) is 13.9. The average Bonchev–Trinajstić information content (AvgIpc) is 3.00. The largest absolute Gasteiger partial charge is 0.303 e. The molecule has 0 spiro atoms. The topological polar surface area (TPSA) is 15.3 Å². The highest BCUT2D eigenvalue weighted by Gasteiger charge is 2.29. The Morgan fingerprint density at radius 2 is 1.91 bits per heavy atom. The molecular formula is C19H29ClN2. The first-order chi connectivity index (χ1) is 10.6. The zero-order chi connectivity index (χ0) is 16.5. The molecule has 1 aliphatic rings. The number of halogens is 1. The molecule has 0 aromatic carbocycles. The molecule has 2 unspecified atom stereocenters. The van der Waals surface area contributed by atoms with Gasteiger partial charge < -0.3 is 5.32 Å². The highest BCUT2D eigenvalue weighted by molar-refractivity contribution is 6.20. The third-order valence-electron chi connectivity index (χ3n) is 4.22. The van der Waals surface area contributed by atoms with Gasteiger partial charge in [-0.25, -0.2) is 0 Å². The van der Waals surface area contributed by atoms with E-state index >= 15 is 0 Å². The molecule has 0 bridgehead atoms. The summed E-state index contributed by atoms with van der Waals surface area (Å²) in [6.07, 6.45) is 11.1. The van der Waals surface area contributed by atoms with Gasteiger partial charge >= 0.3 is 0 Å². The summed E-state index contributed by atoms with van der Waals surface area (Å²) in [6.45, 7) is 15.9.